The molecule has 2 heterocycles. The van der Waals surface area contributed by atoms with Crippen LogP contribution >= 0.6 is 12.4 Å². The molecule has 0 radical (unpaired) electrons. The predicted molar refractivity (Wildman–Crippen MR) is 189 cm³/mol. The summed E-state index contributed by atoms with van der Waals surface area (Å²) in [4.78, 5) is 14.6. The van der Waals surface area contributed by atoms with Crippen LogP contribution in [-0.4, -0.2) is 54.6 Å². The van der Waals surface area contributed by atoms with Crippen molar-refractivity contribution in [1.29, 1.82) is 0 Å². The Hall–Kier alpha value is -5.01. The van der Waals surface area contributed by atoms with E-state index in [1.807, 2.05) is 31.9 Å². The average Bonchev–Trinajstić information content (AvgIpc) is 3.59. The highest BCUT2D eigenvalue weighted by Crippen LogP contribution is 2.42. The Morgan fingerprint density at radius 3 is 2.40 bits per heavy atom. The van der Waals surface area contributed by atoms with Crippen molar-refractivity contribution >= 4 is 29.4 Å². The number of benzene rings is 4. The maximum absolute atomic E-state index is 14.7. The fourth-order valence-electron chi connectivity index (χ4n) is 6.05. The highest BCUT2D eigenvalue weighted by atomic mass is 35.5. The van der Waals surface area contributed by atoms with E-state index in [0.717, 1.165) is 11.1 Å². The normalized spacial score (nSPS) is 13.2. The number of alkyl halides is 3. The summed E-state index contributed by atoms with van der Waals surface area (Å²) < 4.78 is 77.4. The van der Waals surface area contributed by atoms with E-state index in [2.05, 4.69) is 10.3 Å². The topological polar surface area (TPSA) is 105 Å². The van der Waals surface area contributed by atoms with Gasteiger partial charge >= 0.3 is 12.1 Å². The summed E-state index contributed by atoms with van der Waals surface area (Å²) in [6.45, 7) is 4.86. The molecule has 6 rings (SSSR count). The van der Waals surface area contributed by atoms with Crippen molar-refractivity contribution in [3.05, 3.63) is 95.1 Å². The van der Waals surface area contributed by atoms with Gasteiger partial charge in [-0.15, -0.1) is 12.4 Å². The zero-order chi connectivity index (χ0) is 36.1. The molecule has 0 N–H and O–H groups in total. The van der Waals surface area contributed by atoms with Gasteiger partial charge in [0.25, 0.3) is 0 Å². The van der Waals surface area contributed by atoms with Crippen LogP contribution in [0.3, 0.4) is 0 Å². The molecule has 0 aliphatic carbocycles. The number of hydrogen-bond donors (Lipinski definition) is 0. The number of carbonyl (C=O) groups is 1. The van der Waals surface area contributed by atoms with Crippen LogP contribution in [0.2, 0.25) is 0 Å². The molecule has 1 unspecified atom stereocenters. The summed E-state index contributed by atoms with van der Waals surface area (Å²) >= 11 is 0. The monoisotopic (exact) mass is 741 g/mol. The van der Waals surface area contributed by atoms with Crippen molar-refractivity contribution in [2.45, 2.75) is 52.2 Å². The Bertz CT molecular complexity index is 2000. The SMILES string of the molecule is COC(=O)C(CC(C)C)N(C)Cc1ccc(OCc2cccc(-c3ccc4c(c3)OCCO4)c2C(F)(F)F)cc1OCc1ccc2nonc2c1.Cl. The third kappa shape index (κ3) is 8.88. The first-order chi connectivity index (χ1) is 24.5. The van der Waals surface area contributed by atoms with Crippen molar-refractivity contribution < 1.29 is 46.3 Å². The fourth-order valence-corrected chi connectivity index (χ4v) is 6.05. The minimum Gasteiger partial charge on any atom is -0.489 e. The fraction of sp³-hybridized carbons (Fsp3) is 0.342. The van der Waals surface area contributed by atoms with Crippen molar-refractivity contribution in [3.63, 3.8) is 0 Å². The van der Waals surface area contributed by atoms with Gasteiger partial charge in [0.15, 0.2) is 11.5 Å². The number of ether oxygens (including phenoxy) is 5. The molecule has 0 amide bonds. The van der Waals surface area contributed by atoms with Gasteiger partial charge in [-0.25, -0.2) is 4.63 Å². The van der Waals surface area contributed by atoms with Gasteiger partial charge in [0, 0.05) is 23.7 Å². The molecule has 0 bridgehead atoms. The molecular weight excluding hydrogens is 703 g/mol. The zero-order valence-electron chi connectivity index (χ0n) is 29.1. The minimum absolute atomic E-state index is 0. The van der Waals surface area contributed by atoms with Gasteiger partial charge in [-0.2, -0.15) is 13.2 Å². The van der Waals surface area contributed by atoms with E-state index in [4.69, 9.17) is 28.3 Å². The summed E-state index contributed by atoms with van der Waals surface area (Å²) in [6.07, 6.45) is -4.09. The van der Waals surface area contributed by atoms with E-state index in [1.165, 1.54) is 19.2 Å². The quantitative estimate of drug-likeness (QED) is 0.110. The first kappa shape index (κ1) is 38.2. The minimum atomic E-state index is -4.67. The van der Waals surface area contributed by atoms with E-state index in [0.29, 0.717) is 65.8 Å². The molecule has 52 heavy (non-hydrogen) atoms. The van der Waals surface area contributed by atoms with Crippen LogP contribution in [-0.2, 0) is 35.5 Å². The van der Waals surface area contributed by atoms with Gasteiger partial charge in [-0.3, -0.25) is 9.69 Å². The number of rotatable bonds is 13. The van der Waals surface area contributed by atoms with E-state index >= 15 is 0 Å². The Balaban J connectivity index is 0.00000523. The lowest BCUT2D eigenvalue weighted by Crippen LogP contribution is -2.39. The third-order valence-electron chi connectivity index (χ3n) is 8.55. The van der Waals surface area contributed by atoms with Crippen LogP contribution in [0.4, 0.5) is 13.2 Å². The van der Waals surface area contributed by atoms with Crippen LogP contribution in [0.1, 0.15) is 42.5 Å². The van der Waals surface area contributed by atoms with Crippen molar-refractivity contribution in [2.75, 3.05) is 27.4 Å². The van der Waals surface area contributed by atoms with Crippen LogP contribution in [0, 0.1) is 5.92 Å². The van der Waals surface area contributed by atoms with Crippen LogP contribution in [0.5, 0.6) is 23.0 Å². The number of nitrogens with zero attached hydrogens (tertiary/aromatic N) is 3. The third-order valence-corrected chi connectivity index (χ3v) is 8.55. The lowest BCUT2D eigenvalue weighted by atomic mass is 9.94. The number of likely N-dealkylation sites (N-methyl/N-ethyl adjacent to an activating group) is 1. The molecule has 1 atom stereocenters. The van der Waals surface area contributed by atoms with Crippen LogP contribution < -0.4 is 18.9 Å². The summed E-state index contributed by atoms with van der Waals surface area (Å²) in [5.74, 6) is 1.51. The van der Waals surface area contributed by atoms with Crippen molar-refractivity contribution in [3.8, 4) is 34.1 Å². The Labute approximate surface area is 305 Å². The molecule has 1 aliphatic rings. The molecule has 0 saturated heterocycles. The van der Waals surface area contributed by atoms with E-state index < -0.39 is 17.8 Å². The van der Waals surface area contributed by atoms with Crippen molar-refractivity contribution in [1.82, 2.24) is 15.2 Å². The standard InChI is InChI=1S/C38H38F3N3O7.ClH/c1-23(2)16-32(37(45)46-4)44(3)20-26-9-11-28(19-34(26)50-21-24-8-12-30-31(17-24)43-51-42-30)49-22-27-6-5-7-29(36(27)38(39,40)41)25-10-13-33-35(18-25)48-15-14-47-33;/h5-13,17-19,23,32H,14-16,20-22H2,1-4H3;1H. The second-order valence-electron chi connectivity index (χ2n) is 12.7. The van der Waals surface area contributed by atoms with E-state index in [1.54, 1.807) is 54.6 Å². The average molecular weight is 742 g/mol. The maximum atomic E-state index is 14.7. The van der Waals surface area contributed by atoms with E-state index in [-0.39, 0.29) is 48.6 Å². The van der Waals surface area contributed by atoms with Gasteiger partial charge in [0.2, 0.25) is 0 Å². The number of aromatic nitrogens is 2. The molecule has 1 aliphatic heterocycles. The Kier molecular flexibility index (Phi) is 12.2. The van der Waals surface area contributed by atoms with Gasteiger partial charge in [0.1, 0.15) is 55.0 Å². The number of carbonyl (C=O) groups excluding carboxylic acids is 1. The summed E-state index contributed by atoms with van der Waals surface area (Å²) in [5, 5.41) is 7.72. The summed E-state index contributed by atoms with van der Waals surface area (Å²) in [6, 6.07) is 19.2. The molecule has 5 aromatic rings. The molecule has 14 heteroatoms. The zero-order valence-corrected chi connectivity index (χ0v) is 29.9. The Morgan fingerprint density at radius 1 is 0.885 bits per heavy atom. The van der Waals surface area contributed by atoms with Gasteiger partial charge in [0.05, 0.1) is 12.7 Å². The highest BCUT2D eigenvalue weighted by Gasteiger charge is 2.37. The number of hydrogen-bond acceptors (Lipinski definition) is 10. The van der Waals surface area contributed by atoms with Gasteiger partial charge in [-0.1, -0.05) is 50.2 Å². The second-order valence-corrected chi connectivity index (χ2v) is 12.7. The first-order valence-corrected chi connectivity index (χ1v) is 16.5. The maximum Gasteiger partial charge on any atom is 0.417 e. The molecule has 0 saturated carbocycles. The summed E-state index contributed by atoms with van der Waals surface area (Å²) in [7, 11) is 3.19. The molecule has 10 nitrogen and oxygen atoms in total. The molecule has 0 spiro atoms. The number of fused-ring (bicyclic) bond motifs is 2. The van der Waals surface area contributed by atoms with E-state index in [9.17, 15) is 18.0 Å². The van der Waals surface area contributed by atoms with Crippen LogP contribution in [0.15, 0.2) is 77.4 Å². The lowest BCUT2D eigenvalue weighted by Gasteiger charge is -2.28. The highest BCUT2D eigenvalue weighted by molar-refractivity contribution is 5.85. The molecular formula is C38H39ClF3N3O7. The smallest absolute Gasteiger partial charge is 0.417 e. The first-order valence-electron chi connectivity index (χ1n) is 16.5. The number of esters is 1. The lowest BCUT2D eigenvalue weighted by molar-refractivity contribution is -0.147. The van der Waals surface area contributed by atoms with Gasteiger partial charge in [-0.05, 0) is 76.7 Å². The second kappa shape index (κ2) is 16.6. The van der Waals surface area contributed by atoms with Crippen molar-refractivity contribution in [2.24, 2.45) is 5.92 Å². The molecule has 0 fully saturated rings. The van der Waals surface area contributed by atoms with Crippen LogP contribution in [0.25, 0.3) is 22.2 Å². The molecule has 1 aromatic heterocycles. The summed E-state index contributed by atoms with van der Waals surface area (Å²) in [5.41, 5.74) is 2.22. The Morgan fingerprint density at radius 2 is 1.65 bits per heavy atom. The molecule has 4 aromatic carbocycles. The predicted octanol–water partition coefficient (Wildman–Crippen LogP) is 8.28. The number of methoxy groups -OCH3 is 1. The van der Waals surface area contributed by atoms with Gasteiger partial charge < -0.3 is 23.7 Å². The number of halogens is 4. The molecule has 276 valence electrons. The largest absolute Gasteiger partial charge is 0.489 e.